The number of aryl methyl sites for hydroxylation is 1. The van der Waals surface area contributed by atoms with Crippen LogP contribution in [0.4, 0.5) is 0 Å². The van der Waals surface area contributed by atoms with E-state index in [1.165, 1.54) is 0 Å². The van der Waals surface area contributed by atoms with Gasteiger partial charge in [-0.15, -0.1) is 0 Å². The van der Waals surface area contributed by atoms with Crippen molar-refractivity contribution in [2.24, 2.45) is 0 Å². The molecule has 0 aliphatic carbocycles. The van der Waals surface area contributed by atoms with Gasteiger partial charge in [-0.25, -0.2) is 4.79 Å². The van der Waals surface area contributed by atoms with Gasteiger partial charge in [-0.2, -0.15) is 0 Å². The fourth-order valence-corrected chi connectivity index (χ4v) is 1.53. The fraction of sp³-hybridized carbons (Fsp3) is 0.462. The fourth-order valence-electron chi connectivity index (χ4n) is 1.53. The highest BCUT2D eigenvalue weighted by Gasteiger charge is 2.05. The van der Waals surface area contributed by atoms with E-state index in [1.54, 1.807) is 6.92 Å². The molecule has 1 heterocycles. The molecule has 0 aliphatic rings. The SMILES string of the molecule is CCCn1cccc1/C=C(/C)C(=O)OCC. The summed E-state index contributed by atoms with van der Waals surface area (Å²) in [6.07, 6.45) is 4.97. The van der Waals surface area contributed by atoms with Crippen molar-refractivity contribution in [1.29, 1.82) is 0 Å². The first kappa shape index (κ1) is 12.6. The second-order valence-electron chi connectivity index (χ2n) is 3.67. The number of hydrogen-bond donors (Lipinski definition) is 0. The summed E-state index contributed by atoms with van der Waals surface area (Å²) < 4.78 is 7.06. The second-order valence-corrected chi connectivity index (χ2v) is 3.67. The summed E-state index contributed by atoms with van der Waals surface area (Å²) >= 11 is 0. The Morgan fingerprint density at radius 3 is 2.88 bits per heavy atom. The van der Waals surface area contributed by atoms with Crippen LogP contribution < -0.4 is 0 Å². The van der Waals surface area contributed by atoms with Gasteiger partial charge in [-0.05, 0) is 38.5 Å². The first-order valence-corrected chi connectivity index (χ1v) is 5.69. The molecule has 1 rings (SSSR count). The third-order valence-electron chi connectivity index (χ3n) is 2.29. The second kappa shape index (κ2) is 6.16. The lowest BCUT2D eigenvalue weighted by Crippen LogP contribution is -2.05. The van der Waals surface area contributed by atoms with Crippen molar-refractivity contribution in [2.75, 3.05) is 6.61 Å². The van der Waals surface area contributed by atoms with Crippen molar-refractivity contribution in [2.45, 2.75) is 33.7 Å². The number of carbonyl (C=O) groups excluding carboxylic acids is 1. The molecule has 0 radical (unpaired) electrons. The largest absolute Gasteiger partial charge is 0.463 e. The number of hydrogen-bond acceptors (Lipinski definition) is 2. The monoisotopic (exact) mass is 221 g/mol. The Bertz CT molecular complexity index is 377. The molecule has 3 nitrogen and oxygen atoms in total. The van der Waals surface area contributed by atoms with Crippen LogP contribution in [0, 0.1) is 0 Å². The minimum atomic E-state index is -0.244. The van der Waals surface area contributed by atoms with E-state index in [-0.39, 0.29) is 5.97 Å². The average Bonchev–Trinajstić information content (AvgIpc) is 2.67. The topological polar surface area (TPSA) is 31.2 Å². The minimum Gasteiger partial charge on any atom is -0.463 e. The molecule has 0 aliphatic heterocycles. The maximum atomic E-state index is 11.4. The molecule has 3 heteroatoms. The summed E-state index contributed by atoms with van der Waals surface area (Å²) in [5.41, 5.74) is 1.69. The molecule has 16 heavy (non-hydrogen) atoms. The van der Waals surface area contributed by atoms with E-state index < -0.39 is 0 Å². The molecule has 1 aromatic heterocycles. The van der Waals surface area contributed by atoms with Gasteiger partial charge < -0.3 is 9.30 Å². The molecule has 1 aromatic rings. The number of ether oxygens (including phenoxy) is 1. The Morgan fingerprint density at radius 2 is 2.25 bits per heavy atom. The van der Waals surface area contributed by atoms with E-state index in [9.17, 15) is 4.79 Å². The first-order chi connectivity index (χ1) is 7.69. The quantitative estimate of drug-likeness (QED) is 0.565. The Morgan fingerprint density at radius 1 is 1.50 bits per heavy atom. The van der Waals surface area contributed by atoms with Crippen LogP contribution >= 0.6 is 0 Å². The highest BCUT2D eigenvalue weighted by molar-refractivity contribution is 5.92. The summed E-state index contributed by atoms with van der Waals surface area (Å²) in [6, 6.07) is 3.98. The third kappa shape index (κ3) is 3.26. The summed E-state index contributed by atoms with van der Waals surface area (Å²) in [4.78, 5) is 11.4. The number of rotatable bonds is 5. The van der Waals surface area contributed by atoms with E-state index in [2.05, 4.69) is 11.5 Å². The molecule has 0 unspecified atom stereocenters. The van der Waals surface area contributed by atoms with Gasteiger partial charge >= 0.3 is 5.97 Å². The van der Waals surface area contributed by atoms with E-state index in [1.807, 2.05) is 31.3 Å². The van der Waals surface area contributed by atoms with Gasteiger partial charge in [-0.3, -0.25) is 0 Å². The molecule has 0 fully saturated rings. The molecule has 0 N–H and O–H groups in total. The summed E-state index contributed by atoms with van der Waals surface area (Å²) in [6.45, 7) is 7.10. The van der Waals surface area contributed by atoms with Gasteiger partial charge in [0.15, 0.2) is 0 Å². The number of carbonyl (C=O) groups is 1. The maximum Gasteiger partial charge on any atom is 0.333 e. The van der Waals surface area contributed by atoms with Crippen molar-refractivity contribution < 1.29 is 9.53 Å². The Kier molecular flexibility index (Phi) is 4.83. The molecule has 0 aromatic carbocycles. The Hall–Kier alpha value is -1.51. The van der Waals surface area contributed by atoms with Gasteiger partial charge in [-0.1, -0.05) is 6.92 Å². The van der Waals surface area contributed by atoms with Gasteiger partial charge in [0.1, 0.15) is 0 Å². The molecule has 0 saturated carbocycles. The lowest BCUT2D eigenvalue weighted by molar-refractivity contribution is -0.138. The Balaban J connectivity index is 2.80. The normalized spacial score (nSPS) is 11.6. The molecule has 0 bridgehead atoms. The van der Waals surface area contributed by atoms with Crippen molar-refractivity contribution in [1.82, 2.24) is 4.57 Å². The molecule has 0 atom stereocenters. The van der Waals surface area contributed by atoms with E-state index >= 15 is 0 Å². The van der Waals surface area contributed by atoms with Crippen molar-refractivity contribution >= 4 is 12.0 Å². The van der Waals surface area contributed by atoms with Gasteiger partial charge in [0, 0.05) is 24.0 Å². The highest BCUT2D eigenvalue weighted by atomic mass is 16.5. The summed E-state index contributed by atoms with van der Waals surface area (Å²) in [5.74, 6) is -0.244. The highest BCUT2D eigenvalue weighted by Crippen LogP contribution is 2.10. The van der Waals surface area contributed by atoms with Crippen molar-refractivity contribution in [3.05, 3.63) is 29.6 Å². The smallest absolute Gasteiger partial charge is 0.333 e. The van der Waals surface area contributed by atoms with Crippen LogP contribution in [-0.4, -0.2) is 17.1 Å². The minimum absolute atomic E-state index is 0.244. The summed E-state index contributed by atoms with van der Waals surface area (Å²) in [5, 5.41) is 0. The van der Waals surface area contributed by atoms with Crippen LogP contribution in [0.15, 0.2) is 23.9 Å². The summed E-state index contributed by atoms with van der Waals surface area (Å²) in [7, 11) is 0. The van der Waals surface area contributed by atoms with Crippen molar-refractivity contribution in [3.8, 4) is 0 Å². The van der Waals surface area contributed by atoms with Crippen LogP contribution in [0.3, 0.4) is 0 Å². The van der Waals surface area contributed by atoms with Gasteiger partial charge in [0.25, 0.3) is 0 Å². The van der Waals surface area contributed by atoms with Crippen LogP contribution in [-0.2, 0) is 16.1 Å². The zero-order chi connectivity index (χ0) is 12.0. The van der Waals surface area contributed by atoms with Crippen LogP contribution in [0.5, 0.6) is 0 Å². The zero-order valence-corrected chi connectivity index (χ0v) is 10.2. The maximum absolute atomic E-state index is 11.4. The van der Waals surface area contributed by atoms with E-state index in [4.69, 9.17) is 4.74 Å². The number of nitrogens with zero attached hydrogens (tertiary/aromatic N) is 1. The zero-order valence-electron chi connectivity index (χ0n) is 10.2. The van der Waals surface area contributed by atoms with Crippen LogP contribution in [0.25, 0.3) is 6.08 Å². The molecule has 88 valence electrons. The average molecular weight is 221 g/mol. The molecule has 0 spiro atoms. The van der Waals surface area contributed by atoms with E-state index in [0.29, 0.717) is 12.2 Å². The Labute approximate surface area is 96.7 Å². The van der Waals surface area contributed by atoms with Crippen LogP contribution in [0.2, 0.25) is 0 Å². The molecule has 0 saturated heterocycles. The van der Waals surface area contributed by atoms with Gasteiger partial charge in [0.2, 0.25) is 0 Å². The predicted molar refractivity (Wildman–Crippen MR) is 65.0 cm³/mol. The number of esters is 1. The van der Waals surface area contributed by atoms with Crippen molar-refractivity contribution in [3.63, 3.8) is 0 Å². The molecular formula is C13H19NO2. The van der Waals surface area contributed by atoms with E-state index in [0.717, 1.165) is 18.7 Å². The lowest BCUT2D eigenvalue weighted by Gasteiger charge is -2.05. The third-order valence-corrected chi connectivity index (χ3v) is 2.29. The molecule has 0 amide bonds. The standard InChI is InChI=1S/C13H19NO2/c1-4-8-14-9-6-7-12(14)10-11(3)13(15)16-5-2/h6-7,9-10H,4-5,8H2,1-3H3/b11-10-. The number of aromatic nitrogens is 1. The molecular weight excluding hydrogens is 202 g/mol. The predicted octanol–water partition coefficient (Wildman–Crippen LogP) is 2.86. The lowest BCUT2D eigenvalue weighted by atomic mass is 10.2. The van der Waals surface area contributed by atoms with Crippen LogP contribution in [0.1, 0.15) is 32.9 Å². The van der Waals surface area contributed by atoms with Gasteiger partial charge in [0.05, 0.1) is 6.61 Å². The first-order valence-electron chi connectivity index (χ1n) is 5.69.